The summed E-state index contributed by atoms with van der Waals surface area (Å²) < 4.78 is 1.61. The molecule has 1 heterocycles. The van der Waals surface area contributed by atoms with Crippen LogP contribution >= 0.6 is 11.8 Å². The molecule has 4 rings (SSSR count). The van der Waals surface area contributed by atoms with Crippen molar-refractivity contribution in [2.45, 2.75) is 38.0 Å². The van der Waals surface area contributed by atoms with Gasteiger partial charge >= 0.3 is 0 Å². The molecule has 1 amide bonds. The van der Waals surface area contributed by atoms with E-state index in [0.29, 0.717) is 29.0 Å². The van der Waals surface area contributed by atoms with Gasteiger partial charge < -0.3 is 5.32 Å². The lowest BCUT2D eigenvalue weighted by atomic mass is 10.0. The Morgan fingerprint density at radius 2 is 1.63 bits per heavy atom. The summed E-state index contributed by atoms with van der Waals surface area (Å²) in [7, 11) is 0. The monoisotopic (exact) mass is 485 g/mol. The van der Waals surface area contributed by atoms with Crippen LogP contribution in [0.3, 0.4) is 0 Å². The minimum Gasteiger partial charge on any atom is -0.345 e. The summed E-state index contributed by atoms with van der Waals surface area (Å²) in [5, 5.41) is 3.84. The number of para-hydroxylation sites is 1. The number of nitrogens with zero attached hydrogens (tertiary/aromatic N) is 2. The number of ketones is 1. The van der Waals surface area contributed by atoms with Crippen LogP contribution in [0.4, 0.5) is 0 Å². The number of hydrogen-bond donors (Lipinski definition) is 1. The van der Waals surface area contributed by atoms with E-state index in [0.717, 1.165) is 16.7 Å². The molecule has 0 aliphatic carbocycles. The Bertz CT molecular complexity index is 1400. The van der Waals surface area contributed by atoms with Crippen molar-refractivity contribution < 1.29 is 9.59 Å². The number of nitrogens with one attached hydrogen (secondary N) is 1. The normalized spacial score (nSPS) is 11.8. The highest BCUT2D eigenvalue weighted by atomic mass is 32.2. The van der Waals surface area contributed by atoms with Crippen LogP contribution in [0.5, 0.6) is 0 Å². The van der Waals surface area contributed by atoms with Crippen molar-refractivity contribution in [3.05, 3.63) is 106 Å². The predicted molar refractivity (Wildman–Crippen MR) is 140 cm³/mol. The van der Waals surface area contributed by atoms with Crippen LogP contribution in [0.2, 0.25) is 0 Å². The quantitative estimate of drug-likeness (QED) is 0.284. The first kappa shape index (κ1) is 24.4. The molecule has 1 aromatic heterocycles. The zero-order valence-electron chi connectivity index (χ0n) is 19.7. The lowest BCUT2D eigenvalue weighted by Crippen LogP contribution is -2.42. The highest BCUT2D eigenvalue weighted by molar-refractivity contribution is 7.99. The maximum absolute atomic E-state index is 13.3. The second-order valence-electron chi connectivity index (χ2n) is 8.50. The highest BCUT2D eigenvalue weighted by Gasteiger charge is 2.19. The number of fused-ring (bicyclic) bond motifs is 1. The lowest BCUT2D eigenvalue weighted by Gasteiger charge is -2.17. The number of carbonyl (C=O) groups excluding carboxylic acids is 2. The van der Waals surface area contributed by atoms with Crippen LogP contribution < -0.4 is 10.9 Å². The third-order valence-electron chi connectivity index (χ3n) is 5.73. The van der Waals surface area contributed by atoms with E-state index in [2.05, 4.69) is 10.3 Å². The number of rotatable bonds is 9. The molecule has 1 unspecified atom stereocenters. The molecule has 178 valence electrons. The number of carbonyl (C=O) groups is 2. The van der Waals surface area contributed by atoms with Crippen LogP contribution in [-0.4, -0.2) is 33.0 Å². The van der Waals surface area contributed by atoms with Gasteiger partial charge in [-0.2, -0.15) is 0 Å². The molecule has 6 nitrogen and oxygen atoms in total. The van der Waals surface area contributed by atoms with E-state index < -0.39 is 6.04 Å². The van der Waals surface area contributed by atoms with Gasteiger partial charge in [-0.15, -0.1) is 0 Å². The van der Waals surface area contributed by atoms with Crippen LogP contribution in [0, 0.1) is 6.92 Å². The molecule has 4 aromatic rings. The zero-order valence-corrected chi connectivity index (χ0v) is 20.5. The van der Waals surface area contributed by atoms with Crippen molar-refractivity contribution in [2.75, 3.05) is 5.75 Å². The molecule has 1 atom stereocenters. The third-order valence-corrected chi connectivity index (χ3v) is 6.71. The first-order valence-electron chi connectivity index (χ1n) is 11.4. The smallest absolute Gasteiger partial charge is 0.262 e. The van der Waals surface area contributed by atoms with Crippen molar-refractivity contribution >= 4 is 34.4 Å². The average molecular weight is 486 g/mol. The molecule has 3 aromatic carbocycles. The molecule has 0 saturated carbocycles. The summed E-state index contributed by atoms with van der Waals surface area (Å²) in [5.41, 5.74) is 3.53. The van der Waals surface area contributed by atoms with Crippen LogP contribution in [-0.2, 0) is 22.6 Å². The minimum atomic E-state index is -0.607. The zero-order chi connectivity index (χ0) is 24.8. The van der Waals surface area contributed by atoms with Crippen LogP contribution in [0.1, 0.15) is 23.6 Å². The van der Waals surface area contributed by atoms with Gasteiger partial charge in [0, 0.05) is 0 Å². The Morgan fingerprint density at radius 3 is 2.34 bits per heavy atom. The maximum atomic E-state index is 13.3. The first-order chi connectivity index (χ1) is 16.9. The highest BCUT2D eigenvalue weighted by Crippen LogP contribution is 2.19. The van der Waals surface area contributed by atoms with Crippen molar-refractivity contribution in [3.8, 4) is 0 Å². The van der Waals surface area contributed by atoms with Crippen molar-refractivity contribution in [1.29, 1.82) is 0 Å². The first-order valence-corrected chi connectivity index (χ1v) is 12.4. The van der Waals surface area contributed by atoms with E-state index >= 15 is 0 Å². The molecule has 0 fully saturated rings. The van der Waals surface area contributed by atoms with Gasteiger partial charge in [-0.25, -0.2) is 4.98 Å². The molecule has 0 spiro atoms. The third kappa shape index (κ3) is 6.25. The fourth-order valence-corrected chi connectivity index (χ4v) is 4.60. The fraction of sp³-hybridized carbons (Fsp3) is 0.214. The molecule has 35 heavy (non-hydrogen) atoms. The Morgan fingerprint density at radius 1 is 0.943 bits per heavy atom. The Balaban J connectivity index is 1.54. The molecular weight excluding hydrogens is 458 g/mol. The lowest BCUT2D eigenvalue weighted by molar-refractivity contribution is -0.125. The topological polar surface area (TPSA) is 81.1 Å². The number of benzene rings is 3. The molecule has 0 radical (unpaired) electrons. The Labute approximate surface area is 208 Å². The van der Waals surface area contributed by atoms with Gasteiger partial charge in [0.15, 0.2) is 10.9 Å². The summed E-state index contributed by atoms with van der Waals surface area (Å²) >= 11 is 1.20. The molecule has 0 aliphatic rings. The molecule has 0 saturated heterocycles. The summed E-state index contributed by atoms with van der Waals surface area (Å²) in [4.78, 5) is 42.9. The van der Waals surface area contributed by atoms with Gasteiger partial charge in [0.1, 0.15) is 0 Å². The van der Waals surface area contributed by atoms with Crippen molar-refractivity contribution in [1.82, 2.24) is 14.9 Å². The van der Waals surface area contributed by atoms with Crippen molar-refractivity contribution in [2.24, 2.45) is 0 Å². The summed E-state index contributed by atoms with van der Waals surface area (Å²) in [6, 6.07) is 24.2. The molecule has 1 N–H and O–H groups in total. The number of amides is 1. The number of hydrogen-bond acceptors (Lipinski definition) is 5. The van der Waals surface area contributed by atoms with Crippen LogP contribution in [0.15, 0.2) is 88.8 Å². The van der Waals surface area contributed by atoms with E-state index in [1.807, 2.05) is 73.7 Å². The van der Waals surface area contributed by atoms with Gasteiger partial charge in [0.05, 0.1) is 29.2 Å². The maximum Gasteiger partial charge on any atom is 0.262 e. The average Bonchev–Trinajstić information content (AvgIpc) is 2.86. The summed E-state index contributed by atoms with van der Waals surface area (Å²) in [6.45, 7) is 3.84. The van der Waals surface area contributed by atoms with Crippen molar-refractivity contribution in [3.63, 3.8) is 0 Å². The van der Waals surface area contributed by atoms with E-state index in [1.54, 1.807) is 16.7 Å². The predicted octanol–water partition coefficient (Wildman–Crippen LogP) is 4.16. The molecule has 7 heteroatoms. The molecular formula is C28H27N3O3S. The number of Topliss-reactive ketones (excluding diaryl/α,β-unsaturated/α-hetero) is 1. The van der Waals surface area contributed by atoms with E-state index in [4.69, 9.17) is 0 Å². The largest absolute Gasteiger partial charge is 0.345 e. The SMILES string of the molecule is CC(=O)C(Cc1ccccc1)NC(=O)CSc1nc2ccccc2c(=O)n1Cc1ccc(C)cc1. The van der Waals surface area contributed by atoms with Gasteiger partial charge in [-0.05, 0) is 43.5 Å². The standard InChI is InChI=1S/C28H27N3O3S/c1-19-12-14-22(15-13-19)17-31-27(34)23-10-6-7-11-24(23)30-28(31)35-18-26(33)29-25(20(2)32)16-21-8-4-3-5-9-21/h3-15,25H,16-18H2,1-2H3,(H,29,33). The van der Waals surface area contributed by atoms with Gasteiger partial charge in [0.2, 0.25) is 5.91 Å². The van der Waals surface area contributed by atoms with Gasteiger partial charge in [-0.1, -0.05) is 84.1 Å². The minimum absolute atomic E-state index is 0.0389. The van der Waals surface area contributed by atoms with Crippen LogP contribution in [0.25, 0.3) is 10.9 Å². The van der Waals surface area contributed by atoms with E-state index in [-0.39, 0.29) is 23.0 Å². The Kier molecular flexibility index (Phi) is 7.77. The molecule has 0 aliphatic heterocycles. The second-order valence-corrected chi connectivity index (χ2v) is 9.44. The van der Waals surface area contributed by atoms with Gasteiger partial charge in [0.25, 0.3) is 5.56 Å². The summed E-state index contributed by atoms with van der Waals surface area (Å²) in [5.74, 6) is -0.347. The second kappa shape index (κ2) is 11.1. The van der Waals surface area contributed by atoms with Gasteiger partial charge in [-0.3, -0.25) is 19.0 Å². The Hall–Kier alpha value is -3.71. The molecule has 0 bridgehead atoms. The summed E-state index contributed by atoms with van der Waals surface area (Å²) in [6.07, 6.45) is 0.430. The number of thioether (sulfide) groups is 1. The fourth-order valence-electron chi connectivity index (χ4n) is 3.79. The number of aryl methyl sites for hydroxylation is 1. The van der Waals surface area contributed by atoms with E-state index in [9.17, 15) is 14.4 Å². The van der Waals surface area contributed by atoms with E-state index in [1.165, 1.54) is 18.7 Å². The number of aromatic nitrogens is 2.